The number of amides is 1. The predicted molar refractivity (Wildman–Crippen MR) is 115 cm³/mol. The van der Waals surface area contributed by atoms with Gasteiger partial charge in [0.2, 0.25) is 5.91 Å². The van der Waals surface area contributed by atoms with Gasteiger partial charge in [0.1, 0.15) is 5.82 Å². The van der Waals surface area contributed by atoms with E-state index in [1.807, 2.05) is 24.3 Å². The van der Waals surface area contributed by atoms with Crippen molar-refractivity contribution < 1.29 is 13.2 Å². The number of nitrogens with zero attached hydrogens (tertiary/aromatic N) is 1. The summed E-state index contributed by atoms with van der Waals surface area (Å²) >= 11 is 0. The van der Waals surface area contributed by atoms with E-state index in [2.05, 4.69) is 21.9 Å². The van der Waals surface area contributed by atoms with Crippen molar-refractivity contribution in [3.05, 3.63) is 90.1 Å². The first-order chi connectivity index (χ1) is 14.0. The maximum atomic E-state index is 12.4. The van der Waals surface area contributed by atoms with E-state index >= 15 is 0 Å². The van der Waals surface area contributed by atoms with Crippen molar-refractivity contribution in [3.8, 4) is 0 Å². The summed E-state index contributed by atoms with van der Waals surface area (Å²) in [5.74, 6) is -0.0590. The highest BCUT2D eigenvalue weighted by atomic mass is 32.2. The molecule has 0 bridgehead atoms. The standard InChI is InChI=1S/C22H21N3O3S/c1-2-17-6-5-7-18(16-17)9-14-22(26)24-19-10-12-20(13-11-19)29(27,28)25-21-8-3-4-15-23-21/h3-16H,2H2,1H3,(H,23,25)(H,24,26). The summed E-state index contributed by atoms with van der Waals surface area (Å²) in [6, 6.07) is 18.8. The second-order valence-electron chi connectivity index (χ2n) is 6.27. The fraction of sp³-hybridized carbons (Fsp3) is 0.0909. The van der Waals surface area contributed by atoms with Crippen LogP contribution in [0.1, 0.15) is 18.1 Å². The van der Waals surface area contributed by atoms with Crippen LogP contribution < -0.4 is 10.0 Å². The maximum absolute atomic E-state index is 12.4. The molecule has 0 saturated carbocycles. The van der Waals surface area contributed by atoms with Gasteiger partial charge in [0, 0.05) is 18.0 Å². The van der Waals surface area contributed by atoms with Crippen LogP contribution in [0, 0.1) is 0 Å². The highest BCUT2D eigenvalue weighted by molar-refractivity contribution is 7.92. The molecule has 29 heavy (non-hydrogen) atoms. The predicted octanol–water partition coefficient (Wildman–Crippen LogP) is 4.10. The molecular weight excluding hydrogens is 386 g/mol. The van der Waals surface area contributed by atoms with Gasteiger partial charge in [-0.2, -0.15) is 0 Å². The van der Waals surface area contributed by atoms with Crippen LogP contribution in [0.5, 0.6) is 0 Å². The number of hydrogen-bond acceptors (Lipinski definition) is 4. The Morgan fingerprint density at radius 3 is 2.52 bits per heavy atom. The molecule has 6 nitrogen and oxygen atoms in total. The van der Waals surface area contributed by atoms with Gasteiger partial charge in [-0.15, -0.1) is 0 Å². The van der Waals surface area contributed by atoms with E-state index in [1.165, 1.54) is 42.1 Å². The van der Waals surface area contributed by atoms with E-state index < -0.39 is 10.0 Å². The molecule has 0 atom stereocenters. The molecular formula is C22H21N3O3S. The number of carbonyl (C=O) groups excluding carboxylic acids is 1. The average molecular weight is 407 g/mol. The number of nitrogens with one attached hydrogen (secondary N) is 2. The second-order valence-corrected chi connectivity index (χ2v) is 7.95. The van der Waals surface area contributed by atoms with Crippen LogP contribution in [0.25, 0.3) is 6.08 Å². The Hall–Kier alpha value is -3.45. The topological polar surface area (TPSA) is 88.2 Å². The Labute approximate surface area is 170 Å². The van der Waals surface area contributed by atoms with Crippen LogP contribution >= 0.6 is 0 Å². The van der Waals surface area contributed by atoms with Crippen LogP contribution in [0.15, 0.2) is 83.9 Å². The average Bonchev–Trinajstić information content (AvgIpc) is 2.73. The van der Waals surface area contributed by atoms with Gasteiger partial charge in [-0.1, -0.05) is 37.3 Å². The molecule has 2 aromatic carbocycles. The normalized spacial score (nSPS) is 11.3. The molecule has 3 rings (SSSR count). The highest BCUT2D eigenvalue weighted by Crippen LogP contribution is 2.17. The van der Waals surface area contributed by atoms with Crippen molar-refractivity contribution in [2.75, 3.05) is 10.0 Å². The van der Waals surface area contributed by atoms with Crippen molar-refractivity contribution in [1.82, 2.24) is 4.98 Å². The molecule has 1 heterocycles. The zero-order valence-electron chi connectivity index (χ0n) is 15.9. The van der Waals surface area contributed by atoms with E-state index in [9.17, 15) is 13.2 Å². The Morgan fingerprint density at radius 1 is 1.03 bits per heavy atom. The lowest BCUT2D eigenvalue weighted by Gasteiger charge is -2.08. The summed E-state index contributed by atoms with van der Waals surface area (Å²) in [4.78, 5) is 16.2. The fourth-order valence-corrected chi connectivity index (χ4v) is 3.62. The number of pyridine rings is 1. The molecule has 0 saturated heterocycles. The number of anilines is 2. The third-order valence-corrected chi connectivity index (χ3v) is 5.49. The second kappa shape index (κ2) is 9.16. The minimum absolute atomic E-state index is 0.0769. The van der Waals surface area contributed by atoms with Crippen molar-refractivity contribution in [2.45, 2.75) is 18.2 Å². The van der Waals surface area contributed by atoms with E-state index in [1.54, 1.807) is 24.3 Å². The van der Waals surface area contributed by atoms with Gasteiger partial charge in [-0.05, 0) is 60.0 Å². The van der Waals surface area contributed by atoms with Gasteiger partial charge in [-0.25, -0.2) is 13.4 Å². The fourth-order valence-electron chi connectivity index (χ4n) is 2.61. The molecule has 2 N–H and O–H groups in total. The minimum atomic E-state index is -3.75. The number of rotatable bonds is 7. The van der Waals surface area contributed by atoms with Crippen molar-refractivity contribution in [2.24, 2.45) is 0 Å². The smallest absolute Gasteiger partial charge is 0.263 e. The zero-order valence-corrected chi connectivity index (χ0v) is 16.7. The third kappa shape index (κ3) is 5.76. The van der Waals surface area contributed by atoms with Crippen LogP contribution in [0.4, 0.5) is 11.5 Å². The molecule has 0 aliphatic heterocycles. The first-order valence-electron chi connectivity index (χ1n) is 9.08. The van der Waals surface area contributed by atoms with Crippen LogP contribution in [-0.4, -0.2) is 19.3 Å². The lowest BCUT2D eigenvalue weighted by Crippen LogP contribution is -2.14. The van der Waals surface area contributed by atoms with Gasteiger partial charge in [0.05, 0.1) is 4.90 Å². The molecule has 1 aromatic heterocycles. The number of aryl methyl sites for hydroxylation is 1. The van der Waals surface area contributed by atoms with Crippen molar-refractivity contribution in [3.63, 3.8) is 0 Å². The van der Waals surface area contributed by atoms with Crippen LogP contribution in [0.2, 0.25) is 0 Å². The molecule has 3 aromatic rings. The highest BCUT2D eigenvalue weighted by Gasteiger charge is 2.14. The third-order valence-electron chi connectivity index (χ3n) is 4.12. The lowest BCUT2D eigenvalue weighted by molar-refractivity contribution is -0.111. The Morgan fingerprint density at radius 2 is 1.83 bits per heavy atom. The summed E-state index contributed by atoms with van der Waals surface area (Å²) in [6.07, 6.45) is 5.62. The van der Waals surface area contributed by atoms with Crippen LogP contribution in [0.3, 0.4) is 0 Å². The van der Waals surface area contributed by atoms with Gasteiger partial charge >= 0.3 is 0 Å². The molecule has 0 unspecified atom stereocenters. The zero-order chi connectivity index (χ0) is 20.7. The summed E-state index contributed by atoms with van der Waals surface area (Å²) in [5, 5.41) is 2.72. The SMILES string of the molecule is CCc1cccc(C=CC(=O)Nc2ccc(S(=O)(=O)Nc3ccccn3)cc2)c1. The van der Waals surface area contributed by atoms with Crippen LogP contribution in [-0.2, 0) is 21.2 Å². The van der Waals surface area contributed by atoms with Gasteiger partial charge in [0.25, 0.3) is 10.0 Å². The maximum Gasteiger partial charge on any atom is 0.263 e. The Balaban J connectivity index is 1.64. The van der Waals surface area contributed by atoms with Crippen molar-refractivity contribution in [1.29, 1.82) is 0 Å². The van der Waals surface area contributed by atoms with Gasteiger partial charge in [-0.3, -0.25) is 9.52 Å². The Kier molecular flexibility index (Phi) is 6.41. The lowest BCUT2D eigenvalue weighted by atomic mass is 10.1. The molecule has 7 heteroatoms. The quantitative estimate of drug-likeness (QED) is 0.577. The van der Waals surface area contributed by atoms with Gasteiger partial charge in [0.15, 0.2) is 0 Å². The number of carbonyl (C=O) groups is 1. The molecule has 1 amide bonds. The van der Waals surface area contributed by atoms with E-state index in [0.29, 0.717) is 5.69 Å². The Bertz CT molecular complexity index is 1110. The number of sulfonamides is 1. The minimum Gasteiger partial charge on any atom is -0.323 e. The molecule has 0 radical (unpaired) electrons. The molecule has 0 aliphatic carbocycles. The number of benzene rings is 2. The molecule has 0 aliphatic rings. The summed E-state index contributed by atoms with van der Waals surface area (Å²) < 4.78 is 27.2. The summed E-state index contributed by atoms with van der Waals surface area (Å²) in [6.45, 7) is 2.07. The first-order valence-corrected chi connectivity index (χ1v) is 10.6. The molecule has 148 valence electrons. The number of aromatic nitrogens is 1. The largest absolute Gasteiger partial charge is 0.323 e. The van der Waals surface area contributed by atoms with E-state index in [4.69, 9.17) is 0 Å². The number of hydrogen-bond donors (Lipinski definition) is 2. The summed E-state index contributed by atoms with van der Waals surface area (Å²) in [5.41, 5.74) is 2.64. The van der Waals surface area contributed by atoms with Crippen molar-refractivity contribution >= 4 is 33.5 Å². The van der Waals surface area contributed by atoms with E-state index in [0.717, 1.165) is 12.0 Å². The molecule has 0 fully saturated rings. The summed E-state index contributed by atoms with van der Waals surface area (Å²) in [7, 11) is -3.75. The monoisotopic (exact) mass is 407 g/mol. The first kappa shape index (κ1) is 20.3. The van der Waals surface area contributed by atoms with Gasteiger partial charge < -0.3 is 5.32 Å². The molecule has 0 spiro atoms. The van der Waals surface area contributed by atoms with E-state index in [-0.39, 0.29) is 16.6 Å².